The van der Waals surface area contributed by atoms with Crippen LogP contribution in [0, 0.1) is 0 Å². The minimum atomic E-state index is -1.17. The molecule has 0 saturated carbocycles. The lowest BCUT2D eigenvalue weighted by molar-refractivity contribution is -0.297. The fraction of sp³-hybridized carbons (Fsp3) is 0.357. The van der Waals surface area contributed by atoms with Crippen LogP contribution in [-0.2, 0) is 16.0 Å². The zero-order valence-electron chi connectivity index (χ0n) is 9.59. The molecular weight excluding hydrogens is 216 g/mol. The zero-order valence-corrected chi connectivity index (χ0v) is 9.59. The summed E-state index contributed by atoms with van der Waals surface area (Å²) >= 11 is 0. The molecule has 1 heterocycles. The number of hydrogen-bond acceptors (Lipinski definition) is 3. The van der Waals surface area contributed by atoms with Crippen LogP contribution >= 0.6 is 0 Å². The van der Waals surface area contributed by atoms with E-state index in [4.69, 9.17) is 4.74 Å². The summed E-state index contributed by atoms with van der Waals surface area (Å²) in [5, 5.41) is 10.4. The Labute approximate surface area is 101 Å². The highest BCUT2D eigenvalue weighted by molar-refractivity contribution is 5.83. The first kappa shape index (κ1) is 11.9. The van der Waals surface area contributed by atoms with Crippen molar-refractivity contribution in [2.75, 3.05) is 6.61 Å². The Bertz CT molecular complexity index is 417. The second kappa shape index (κ2) is 5.64. The van der Waals surface area contributed by atoms with Crippen molar-refractivity contribution in [2.45, 2.75) is 25.4 Å². The molecule has 3 nitrogen and oxygen atoms in total. The van der Waals surface area contributed by atoms with Crippen LogP contribution in [0.15, 0.2) is 30.3 Å². The summed E-state index contributed by atoms with van der Waals surface area (Å²) in [5.74, 6) is -1.17. The van der Waals surface area contributed by atoms with Gasteiger partial charge in [0, 0.05) is 6.61 Å². The van der Waals surface area contributed by atoms with Crippen LogP contribution in [-0.4, -0.2) is 18.7 Å². The summed E-state index contributed by atoms with van der Waals surface area (Å²) in [4.78, 5) is 10.4. The second-order valence-corrected chi connectivity index (χ2v) is 4.19. The van der Waals surface area contributed by atoms with Crippen molar-refractivity contribution in [3.05, 3.63) is 41.5 Å². The standard InChI is InChI=1S/C14H16O3/c15-14(16)8-7-11-4-1-2-5-12(11)10-13-6-3-9-17-13/h1-2,4-5,7-8,13H,3,6,9-10H2,(H,15,16)/p-1/b8-7+. The number of benzene rings is 1. The molecule has 3 heteroatoms. The van der Waals surface area contributed by atoms with Crippen molar-refractivity contribution in [1.29, 1.82) is 0 Å². The number of carboxylic acids is 1. The van der Waals surface area contributed by atoms with Crippen LogP contribution < -0.4 is 5.11 Å². The normalized spacial score (nSPS) is 19.9. The van der Waals surface area contributed by atoms with E-state index in [-0.39, 0.29) is 6.10 Å². The number of carbonyl (C=O) groups is 1. The van der Waals surface area contributed by atoms with E-state index >= 15 is 0 Å². The largest absolute Gasteiger partial charge is 0.545 e. The SMILES string of the molecule is O=C([O-])/C=C/c1ccccc1CC1CCCO1. The van der Waals surface area contributed by atoms with E-state index in [2.05, 4.69) is 0 Å². The lowest BCUT2D eigenvalue weighted by Gasteiger charge is -2.11. The molecule has 1 aromatic carbocycles. The van der Waals surface area contributed by atoms with Gasteiger partial charge in [0.05, 0.1) is 12.1 Å². The Hall–Kier alpha value is -1.61. The molecule has 2 rings (SSSR count). The zero-order chi connectivity index (χ0) is 12.1. The Morgan fingerprint density at radius 1 is 1.47 bits per heavy atom. The number of carboxylic acid groups (broad SMARTS) is 1. The number of rotatable bonds is 4. The van der Waals surface area contributed by atoms with Crippen molar-refractivity contribution < 1.29 is 14.6 Å². The van der Waals surface area contributed by atoms with E-state index in [1.165, 1.54) is 0 Å². The fourth-order valence-electron chi connectivity index (χ4n) is 2.09. The average Bonchev–Trinajstić information content (AvgIpc) is 2.80. The molecule has 1 fully saturated rings. The van der Waals surface area contributed by atoms with E-state index in [1.807, 2.05) is 24.3 Å². The number of hydrogen-bond donors (Lipinski definition) is 0. The molecule has 0 bridgehead atoms. The minimum absolute atomic E-state index is 0.271. The Kier molecular flexibility index (Phi) is 3.94. The predicted octanol–water partition coefficient (Wildman–Crippen LogP) is 1.17. The third kappa shape index (κ3) is 3.43. The summed E-state index contributed by atoms with van der Waals surface area (Å²) < 4.78 is 5.58. The van der Waals surface area contributed by atoms with E-state index in [9.17, 15) is 9.90 Å². The molecule has 1 aliphatic heterocycles. The lowest BCUT2D eigenvalue weighted by atomic mass is 10.00. The van der Waals surface area contributed by atoms with Crippen LogP contribution in [0.1, 0.15) is 24.0 Å². The van der Waals surface area contributed by atoms with Crippen molar-refractivity contribution in [1.82, 2.24) is 0 Å². The van der Waals surface area contributed by atoms with Gasteiger partial charge in [-0.3, -0.25) is 0 Å². The van der Waals surface area contributed by atoms with Gasteiger partial charge < -0.3 is 14.6 Å². The molecule has 1 saturated heterocycles. The Morgan fingerprint density at radius 2 is 2.29 bits per heavy atom. The van der Waals surface area contributed by atoms with Crippen molar-refractivity contribution in [3.8, 4) is 0 Å². The van der Waals surface area contributed by atoms with Gasteiger partial charge in [0.25, 0.3) is 0 Å². The smallest absolute Gasteiger partial charge is 0.0643 e. The van der Waals surface area contributed by atoms with Gasteiger partial charge in [-0.15, -0.1) is 0 Å². The Balaban J connectivity index is 2.12. The first-order valence-corrected chi connectivity index (χ1v) is 5.84. The molecule has 1 aliphatic rings. The van der Waals surface area contributed by atoms with Crippen LogP contribution in [0.5, 0.6) is 0 Å². The predicted molar refractivity (Wildman–Crippen MR) is 63.2 cm³/mol. The molecule has 0 amide bonds. The maximum absolute atomic E-state index is 10.4. The molecule has 0 N–H and O–H groups in total. The summed E-state index contributed by atoms with van der Waals surface area (Å²) in [6.45, 7) is 0.835. The second-order valence-electron chi connectivity index (χ2n) is 4.19. The van der Waals surface area contributed by atoms with Gasteiger partial charge in [0.15, 0.2) is 0 Å². The Morgan fingerprint density at radius 3 is 3.00 bits per heavy atom. The molecule has 0 spiro atoms. The summed E-state index contributed by atoms with van der Waals surface area (Å²) in [6, 6.07) is 7.77. The van der Waals surface area contributed by atoms with E-state index in [0.717, 1.165) is 43.1 Å². The van der Waals surface area contributed by atoms with Crippen LogP contribution in [0.25, 0.3) is 6.08 Å². The van der Waals surface area contributed by atoms with Crippen molar-refractivity contribution >= 4 is 12.0 Å². The number of aliphatic carboxylic acids is 1. The van der Waals surface area contributed by atoms with E-state index in [1.54, 1.807) is 6.08 Å². The van der Waals surface area contributed by atoms with Gasteiger partial charge in [-0.05, 0) is 36.5 Å². The van der Waals surface area contributed by atoms with Gasteiger partial charge in [-0.2, -0.15) is 0 Å². The molecule has 1 atom stereocenters. The van der Waals surface area contributed by atoms with Crippen molar-refractivity contribution in [3.63, 3.8) is 0 Å². The third-order valence-corrected chi connectivity index (χ3v) is 2.93. The monoisotopic (exact) mass is 231 g/mol. The molecule has 90 valence electrons. The van der Waals surface area contributed by atoms with Crippen LogP contribution in [0.4, 0.5) is 0 Å². The first-order valence-electron chi connectivity index (χ1n) is 5.84. The van der Waals surface area contributed by atoms with E-state index in [0.29, 0.717) is 0 Å². The molecule has 17 heavy (non-hydrogen) atoms. The molecule has 1 unspecified atom stereocenters. The lowest BCUT2D eigenvalue weighted by Crippen LogP contribution is -2.18. The molecule has 0 aromatic heterocycles. The molecule has 0 radical (unpaired) electrons. The minimum Gasteiger partial charge on any atom is -0.545 e. The maximum Gasteiger partial charge on any atom is 0.0643 e. The van der Waals surface area contributed by atoms with Gasteiger partial charge >= 0.3 is 0 Å². The van der Waals surface area contributed by atoms with Gasteiger partial charge in [0.1, 0.15) is 0 Å². The summed E-state index contributed by atoms with van der Waals surface area (Å²) in [5.41, 5.74) is 2.05. The highest BCUT2D eigenvalue weighted by Gasteiger charge is 2.16. The first-order chi connectivity index (χ1) is 8.25. The molecule has 0 aliphatic carbocycles. The van der Waals surface area contributed by atoms with Crippen molar-refractivity contribution in [2.24, 2.45) is 0 Å². The summed E-state index contributed by atoms with van der Waals surface area (Å²) in [6.07, 6.45) is 5.95. The number of carbonyl (C=O) groups excluding carboxylic acids is 1. The highest BCUT2D eigenvalue weighted by atomic mass is 16.5. The van der Waals surface area contributed by atoms with Crippen LogP contribution in [0.3, 0.4) is 0 Å². The molecule has 1 aromatic rings. The molecular formula is C14H15O3-. The average molecular weight is 231 g/mol. The van der Waals surface area contributed by atoms with Gasteiger partial charge in [-0.25, -0.2) is 0 Å². The third-order valence-electron chi connectivity index (χ3n) is 2.93. The quantitative estimate of drug-likeness (QED) is 0.731. The summed E-state index contributed by atoms with van der Waals surface area (Å²) in [7, 11) is 0. The maximum atomic E-state index is 10.4. The van der Waals surface area contributed by atoms with Gasteiger partial charge in [-0.1, -0.05) is 30.3 Å². The van der Waals surface area contributed by atoms with Crippen LogP contribution in [0.2, 0.25) is 0 Å². The highest BCUT2D eigenvalue weighted by Crippen LogP contribution is 2.20. The topological polar surface area (TPSA) is 49.4 Å². The fourth-order valence-corrected chi connectivity index (χ4v) is 2.09. The number of ether oxygens (including phenoxy) is 1. The van der Waals surface area contributed by atoms with Gasteiger partial charge in [0.2, 0.25) is 0 Å². The van der Waals surface area contributed by atoms with E-state index < -0.39 is 5.97 Å².